The van der Waals surface area contributed by atoms with Crippen molar-refractivity contribution < 1.29 is 28.8 Å². The van der Waals surface area contributed by atoms with Gasteiger partial charge in [-0.3, -0.25) is 9.59 Å². The van der Waals surface area contributed by atoms with Gasteiger partial charge in [0, 0.05) is 18.5 Å². The topological polar surface area (TPSA) is 89.9 Å². The predicted octanol–water partition coefficient (Wildman–Crippen LogP) is 0.847. The van der Waals surface area contributed by atoms with Crippen LogP contribution in [0.4, 0.5) is 0 Å². The summed E-state index contributed by atoms with van der Waals surface area (Å²) in [7, 11) is 1.41. The van der Waals surface area contributed by atoms with Crippen LogP contribution in [-0.2, 0) is 14.3 Å². The summed E-state index contributed by atoms with van der Waals surface area (Å²) in [5, 5.41) is 0. The number of carbonyl (C=O) groups is 3. The highest BCUT2D eigenvalue weighted by atomic mass is 16.5. The third-order valence-corrected chi connectivity index (χ3v) is 5.33. The quantitative estimate of drug-likeness (QED) is 0.576. The molecule has 0 saturated carbocycles. The zero-order valence-corrected chi connectivity index (χ0v) is 16.2. The van der Waals surface area contributed by atoms with Crippen LogP contribution < -0.4 is 4.90 Å². The molecule has 1 aromatic heterocycles. The number of aromatic nitrogens is 1. The van der Waals surface area contributed by atoms with Crippen molar-refractivity contribution in [1.29, 1.82) is 0 Å². The number of hydrogen-bond donors (Lipinski definition) is 2. The number of Topliss-reactive ketones (excluding diaryl/α,β-unsaturated/α-hetero) is 1. The van der Waals surface area contributed by atoms with Crippen LogP contribution in [0.25, 0.3) is 0 Å². The summed E-state index contributed by atoms with van der Waals surface area (Å²) in [4.78, 5) is 41.0. The van der Waals surface area contributed by atoms with Crippen molar-refractivity contribution in [1.82, 2.24) is 4.98 Å². The molecule has 0 bridgehead atoms. The molecule has 26 heavy (non-hydrogen) atoms. The second-order valence-corrected chi connectivity index (χ2v) is 6.89. The fourth-order valence-corrected chi connectivity index (χ4v) is 3.73. The molecule has 0 spiro atoms. The van der Waals surface area contributed by atoms with E-state index in [0.717, 1.165) is 30.8 Å². The maximum Gasteiger partial charge on any atom is 0.340 e. The van der Waals surface area contributed by atoms with E-state index in [1.54, 1.807) is 20.8 Å². The summed E-state index contributed by atoms with van der Waals surface area (Å²) < 4.78 is 9.90. The monoisotopic (exact) mass is 365 g/mol. The van der Waals surface area contributed by atoms with Crippen LogP contribution in [-0.4, -0.2) is 55.6 Å². The van der Waals surface area contributed by atoms with Gasteiger partial charge < -0.3 is 19.4 Å². The highest BCUT2D eigenvalue weighted by Gasteiger charge is 2.35. The number of likely N-dealkylation sites (tertiary alicyclic amines) is 1. The summed E-state index contributed by atoms with van der Waals surface area (Å²) in [6, 6.07) is -0.250. The number of aryl methyl sites for hydroxylation is 1. The molecular weight excluding hydrogens is 336 g/mol. The first kappa shape index (κ1) is 20.2. The highest BCUT2D eigenvalue weighted by molar-refractivity contribution is 6.03. The minimum Gasteiger partial charge on any atom is -0.469 e. The van der Waals surface area contributed by atoms with Crippen molar-refractivity contribution in [2.24, 2.45) is 5.92 Å². The second-order valence-electron chi connectivity index (χ2n) is 6.89. The molecule has 1 atom stereocenters. The van der Waals surface area contributed by atoms with Gasteiger partial charge in [-0.2, -0.15) is 0 Å². The Labute approximate surface area is 154 Å². The van der Waals surface area contributed by atoms with Crippen molar-refractivity contribution in [3.8, 4) is 0 Å². The Balaban J connectivity index is 2.11. The Hall–Kier alpha value is -2.15. The van der Waals surface area contributed by atoms with Crippen molar-refractivity contribution in [2.45, 2.75) is 46.6 Å². The molecule has 0 aliphatic carbocycles. The number of methoxy groups -OCH3 is 1. The van der Waals surface area contributed by atoms with Crippen molar-refractivity contribution in [2.75, 3.05) is 26.8 Å². The number of esters is 2. The summed E-state index contributed by atoms with van der Waals surface area (Å²) >= 11 is 0. The molecule has 7 nitrogen and oxygen atoms in total. The summed E-state index contributed by atoms with van der Waals surface area (Å²) in [6.45, 7) is 8.98. The van der Waals surface area contributed by atoms with Gasteiger partial charge in [-0.05, 0) is 33.3 Å². The van der Waals surface area contributed by atoms with Gasteiger partial charge in [-0.15, -0.1) is 0 Å². The van der Waals surface area contributed by atoms with E-state index in [9.17, 15) is 14.4 Å². The molecule has 1 aromatic rings. The molecule has 0 radical (unpaired) electrons. The molecule has 0 amide bonds. The second kappa shape index (κ2) is 8.49. The molecule has 2 heterocycles. The smallest absolute Gasteiger partial charge is 0.340 e. The number of aromatic amines is 1. The van der Waals surface area contributed by atoms with E-state index in [2.05, 4.69) is 4.98 Å². The standard InChI is InChI=1S/C19H28N2O5/c1-6-26-19(24)15-11(2)16(20-12(15)3)17(22)13(4)21-9-7-14(8-10-21)18(23)25-5/h13-14,20H,6-10H2,1-5H3/p+1/t13-/m1/s1. The molecule has 1 fully saturated rings. The SMILES string of the molecule is CCOC(=O)c1c(C)[nH]c(C(=O)[C@@H](C)[NH+]2CCC(C(=O)OC)CC2)c1C. The van der Waals surface area contributed by atoms with E-state index in [0.29, 0.717) is 29.1 Å². The van der Waals surface area contributed by atoms with Gasteiger partial charge in [-0.25, -0.2) is 4.79 Å². The van der Waals surface area contributed by atoms with Gasteiger partial charge in [0.15, 0.2) is 0 Å². The normalized spacial score (nSPS) is 21.1. The van der Waals surface area contributed by atoms with E-state index >= 15 is 0 Å². The van der Waals surface area contributed by atoms with Crippen LogP contribution >= 0.6 is 0 Å². The molecule has 2 N–H and O–H groups in total. The number of rotatable bonds is 6. The molecular formula is C19H29N2O5+. The summed E-state index contributed by atoms with van der Waals surface area (Å²) in [6.07, 6.45) is 1.44. The molecule has 1 aliphatic heterocycles. The summed E-state index contributed by atoms with van der Waals surface area (Å²) in [5.74, 6) is -0.668. The average Bonchev–Trinajstić information content (AvgIpc) is 2.94. The number of H-pyrrole nitrogens is 1. The molecule has 1 saturated heterocycles. The largest absolute Gasteiger partial charge is 0.469 e. The van der Waals surface area contributed by atoms with Crippen LogP contribution in [0.15, 0.2) is 0 Å². The average molecular weight is 365 g/mol. The van der Waals surface area contributed by atoms with Gasteiger partial charge in [0.05, 0.1) is 44.0 Å². The minimum absolute atomic E-state index is 0.0207. The van der Waals surface area contributed by atoms with Crippen LogP contribution in [0.2, 0.25) is 0 Å². The first-order valence-electron chi connectivity index (χ1n) is 9.14. The van der Waals surface area contributed by atoms with Gasteiger partial charge in [-0.1, -0.05) is 0 Å². The minimum atomic E-state index is -0.406. The van der Waals surface area contributed by atoms with E-state index in [-0.39, 0.29) is 23.7 Å². The summed E-state index contributed by atoms with van der Waals surface area (Å²) in [5.41, 5.74) is 2.21. The van der Waals surface area contributed by atoms with Gasteiger partial charge >= 0.3 is 11.9 Å². The van der Waals surface area contributed by atoms with Gasteiger partial charge in [0.25, 0.3) is 0 Å². The third-order valence-electron chi connectivity index (χ3n) is 5.33. The van der Waals surface area contributed by atoms with Crippen LogP contribution in [0, 0.1) is 19.8 Å². The highest BCUT2D eigenvalue weighted by Crippen LogP contribution is 2.20. The zero-order chi connectivity index (χ0) is 19.4. The van der Waals surface area contributed by atoms with E-state index in [4.69, 9.17) is 9.47 Å². The Morgan fingerprint density at radius 2 is 1.85 bits per heavy atom. The maximum atomic E-state index is 13.0. The molecule has 2 rings (SSSR count). The number of hydrogen-bond acceptors (Lipinski definition) is 5. The van der Waals surface area contributed by atoms with Crippen LogP contribution in [0.1, 0.15) is 58.8 Å². The van der Waals surface area contributed by atoms with Gasteiger partial charge in [0.2, 0.25) is 5.78 Å². The number of ether oxygens (including phenoxy) is 2. The van der Waals surface area contributed by atoms with Crippen molar-refractivity contribution in [3.05, 3.63) is 22.5 Å². The predicted molar refractivity (Wildman–Crippen MR) is 95.5 cm³/mol. The molecule has 7 heteroatoms. The Morgan fingerprint density at radius 1 is 1.23 bits per heavy atom. The van der Waals surface area contributed by atoms with E-state index < -0.39 is 5.97 Å². The third kappa shape index (κ3) is 3.98. The molecule has 1 aliphatic rings. The maximum absolute atomic E-state index is 13.0. The number of carbonyl (C=O) groups excluding carboxylic acids is 3. The Bertz CT molecular complexity index is 686. The zero-order valence-electron chi connectivity index (χ0n) is 16.2. The Morgan fingerprint density at radius 3 is 2.38 bits per heavy atom. The fraction of sp³-hybridized carbons (Fsp3) is 0.632. The van der Waals surface area contributed by atoms with Crippen molar-refractivity contribution in [3.63, 3.8) is 0 Å². The van der Waals surface area contributed by atoms with Crippen molar-refractivity contribution >= 4 is 17.7 Å². The lowest BCUT2D eigenvalue weighted by atomic mass is 9.94. The number of quaternary nitrogens is 1. The Kier molecular flexibility index (Phi) is 6.58. The van der Waals surface area contributed by atoms with Crippen LogP contribution in [0.3, 0.4) is 0 Å². The number of ketones is 1. The van der Waals surface area contributed by atoms with E-state index in [1.807, 2.05) is 6.92 Å². The molecule has 0 aromatic carbocycles. The molecule has 144 valence electrons. The lowest BCUT2D eigenvalue weighted by Gasteiger charge is -2.31. The van der Waals surface area contributed by atoms with E-state index in [1.165, 1.54) is 7.11 Å². The van der Waals surface area contributed by atoms with Gasteiger partial charge in [0.1, 0.15) is 6.04 Å². The fourth-order valence-electron chi connectivity index (χ4n) is 3.73. The lowest BCUT2D eigenvalue weighted by Crippen LogP contribution is -3.17. The number of piperidine rings is 1. The first-order chi connectivity index (χ1) is 12.3. The molecule has 0 unspecified atom stereocenters. The van der Waals surface area contributed by atoms with Crippen LogP contribution in [0.5, 0.6) is 0 Å². The first-order valence-corrected chi connectivity index (χ1v) is 9.14. The lowest BCUT2D eigenvalue weighted by molar-refractivity contribution is -0.919. The number of nitrogens with one attached hydrogen (secondary N) is 2.